The number of hydrogen-bond acceptors (Lipinski definition) is 6. The Kier molecular flexibility index (Phi) is 3.97. The second-order valence-corrected chi connectivity index (χ2v) is 3.70. The SMILES string of the molecule is O=C(OCc1cccc([N+](=O)[O-])c1)C1=COCCO1. The van der Waals surface area contributed by atoms with Crippen molar-refractivity contribution in [3.05, 3.63) is 52.0 Å². The van der Waals surface area contributed by atoms with Crippen molar-refractivity contribution < 1.29 is 23.9 Å². The van der Waals surface area contributed by atoms with Gasteiger partial charge in [0.1, 0.15) is 26.1 Å². The summed E-state index contributed by atoms with van der Waals surface area (Å²) in [6, 6.07) is 5.87. The quantitative estimate of drug-likeness (QED) is 0.466. The molecule has 0 bridgehead atoms. The fourth-order valence-corrected chi connectivity index (χ4v) is 1.46. The average molecular weight is 265 g/mol. The summed E-state index contributed by atoms with van der Waals surface area (Å²) in [4.78, 5) is 21.6. The second kappa shape index (κ2) is 5.85. The Bertz CT molecular complexity index is 525. The van der Waals surface area contributed by atoms with Crippen LogP contribution < -0.4 is 0 Å². The highest BCUT2D eigenvalue weighted by molar-refractivity contribution is 5.86. The van der Waals surface area contributed by atoms with Crippen LogP contribution in [0.4, 0.5) is 5.69 Å². The van der Waals surface area contributed by atoms with Gasteiger partial charge < -0.3 is 14.2 Å². The van der Waals surface area contributed by atoms with Crippen molar-refractivity contribution in [1.82, 2.24) is 0 Å². The zero-order valence-electron chi connectivity index (χ0n) is 9.90. The number of non-ortho nitro benzene ring substituents is 1. The average Bonchev–Trinajstić information content (AvgIpc) is 2.46. The van der Waals surface area contributed by atoms with Gasteiger partial charge in [-0.05, 0) is 5.56 Å². The number of nitro groups is 1. The first-order chi connectivity index (χ1) is 9.16. The molecule has 1 aromatic carbocycles. The summed E-state index contributed by atoms with van der Waals surface area (Å²) in [5.74, 6) is -0.664. The highest BCUT2D eigenvalue weighted by atomic mass is 16.6. The van der Waals surface area contributed by atoms with Gasteiger partial charge in [-0.15, -0.1) is 0 Å². The van der Waals surface area contributed by atoms with Gasteiger partial charge in [0.25, 0.3) is 5.69 Å². The largest absolute Gasteiger partial charge is 0.493 e. The van der Waals surface area contributed by atoms with Crippen molar-refractivity contribution in [2.45, 2.75) is 6.61 Å². The summed E-state index contributed by atoms with van der Waals surface area (Å²) in [6.07, 6.45) is 1.19. The predicted octanol–water partition coefficient (Wildman–Crippen LogP) is 1.53. The topological polar surface area (TPSA) is 87.9 Å². The summed E-state index contributed by atoms with van der Waals surface area (Å²) in [5.41, 5.74) is 0.477. The first-order valence-corrected chi connectivity index (χ1v) is 5.52. The van der Waals surface area contributed by atoms with E-state index in [2.05, 4.69) is 0 Å². The molecule has 0 atom stereocenters. The lowest BCUT2D eigenvalue weighted by Crippen LogP contribution is -2.17. The fourth-order valence-electron chi connectivity index (χ4n) is 1.46. The molecule has 7 heteroatoms. The number of nitrogens with zero attached hydrogens (tertiary/aromatic N) is 1. The molecule has 0 N–H and O–H groups in total. The normalized spacial score (nSPS) is 13.8. The van der Waals surface area contributed by atoms with Crippen molar-refractivity contribution in [1.29, 1.82) is 0 Å². The minimum atomic E-state index is -0.661. The van der Waals surface area contributed by atoms with E-state index in [-0.39, 0.29) is 24.7 Å². The highest BCUT2D eigenvalue weighted by Crippen LogP contribution is 2.15. The Morgan fingerprint density at radius 1 is 1.42 bits per heavy atom. The third-order valence-corrected chi connectivity index (χ3v) is 2.34. The van der Waals surface area contributed by atoms with E-state index in [1.165, 1.54) is 24.5 Å². The zero-order chi connectivity index (χ0) is 13.7. The molecule has 0 saturated heterocycles. The van der Waals surface area contributed by atoms with Gasteiger partial charge in [0.05, 0.1) is 4.92 Å². The monoisotopic (exact) mass is 265 g/mol. The maximum Gasteiger partial charge on any atom is 0.377 e. The van der Waals surface area contributed by atoms with E-state index in [0.29, 0.717) is 12.2 Å². The van der Waals surface area contributed by atoms with Crippen molar-refractivity contribution in [2.24, 2.45) is 0 Å². The van der Waals surface area contributed by atoms with Crippen LogP contribution in [0.5, 0.6) is 0 Å². The van der Waals surface area contributed by atoms with E-state index >= 15 is 0 Å². The minimum absolute atomic E-state index is 0.00307. The Morgan fingerprint density at radius 3 is 2.95 bits per heavy atom. The van der Waals surface area contributed by atoms with Gasteiger partial charge in [0, 0.05) is 12.1 Å². The van der Waals surface area contributed by atoms with Crippen LogP contribution in [0.2, 0.25) is 0 Å². The van der Waals surface area contributed by atoms with Gasteiger partial charge in [-0.3, -0.25) is 10.1 Å². The van der Waals surface area contributed by atoms with Crippen LogP contribution in [-0.2, 0) is 25.6 Å². The number of carbonyl (C=O) groups excluding carboxylic acids is 1. The predicted molar refractivity (Wildman–Crippen MR) is 62.9 cm³/mol. The van der Waals surface area contributed by atoms with Crippen LogP contribution in [0.1, 0.15) is 5.56 Å². The molecule has 0 aliphatic carbocycles. The fraction of sp³-hybridized carbons (Fsp3) is 0.250. The number of carbonyl (C=O) groups is 1. The molecule has 1 aliphatic heterocycles. The zero-order valence-corrected chi connectivity index (χ0v) is 9.90. The summed E-state index contributed by atoms with van der Waals surface area (Å²) in [6.45, 7) is 0.612. The highest BCUT2D eigenvalue weighted by Gasteiger charge is 2.17. The van der Waals surface area contributed by atoms with Crippen LogP contribution in [0.15, 0.2) is 36.3 Å². The maximum atomic E-state index is 11.6. The standard InChI is InChI=1S/C12H11NO6/c14-12(11-8-17-4-5-18-11)19-7-9-2-1-3-10(6-9)13(15)16/h1-3,6,8H,4-5,7H2. The molecule has 0 radical (unpaired) electrons. The summed E-state index contributed by atoms with van der Waals surface area (Å²) < 4.78 is 14.9. The van der Waals surface area contributed by atoms with E-state index < -0.39 is 10.9 Å². The van der Waals surface area contributed by atoms with E-state index in [1.807, 2.05) is 0 Å². The van der Waals surface area contributed by atoms with Gasteiger partial charge in [-0.25, -0.2) is 4.79 Å². The van der Waals surface area contributed by atoms with Gasteiger partial charge in [0.15, 0.2) is 0 Å². The lowest BCUT2D eigenvalue weighted by molar-refractivity contribution is -0.384. The Balaban J connectivity index is 1.95. The molecule has 1 aliphatic rings. The number of hydrogen-bond donors (Lipinski definition) is 0. The first kappa shape index (κ1) is 12.9. The molecule has 19 heavy (non-hydrogen) atoms. The molecular weight excluding hydrogens is 254 g/mol. The van der Waals surface area contributed by atoms with Crippen molar-refractivity contribution in [2.75, 3.05) is 13.2 Å². The lowest BCUT2D eigenvalue weighted by Gasteiger charge is -2.14. The van der Waals surface area contributed by atoms with Gasteiger partial charge in [-0.2, -0.15) is 0 Å². The van der Waals surface area contributed by atoms with Crippen molar-refractivity contribution >= 4 is 11.7 Å². The van der Waals surface area contributed by atoms with E-state index in [0.717, 1.165) is 0 Å². The summed E-state index contributed by atoms with van der Waals surface area (Å²) in [5, 5.41) is 10.6. The van der Waals surface area contributed by atoms with Crippen LogP contribution in [-0.4, -0.2) is 24.1 Å². The molecule has 0 fully saturated rings. The molecular formula is C12H11NO6. The molecule has 100 valence electrons. The third-order valence-electron chi connectivity index (χ3n) is 2.34. The Labute approximate surface area is 108 Å². The Morgan fingerprint density at radius 2 is 2.26 bits per heavy atom. The molecule has 0 amide bonds. The van der Waals surface area contributed by atoms with Crippen molar-refractivity contribution in [3.63, 3.8) is 0 Å². The minimum Gasteiger partial charge on any atom is -0.493 e. The van der Waals surface area contributed by atoms with Crippen LogP contribution >= 0.6 is 0 Å². The van der Waals surface area contributed by atoms with E-state index in [4.69, 9.17) is 14.2 Å². The second-order valence-electron chi connectivity index (χ2n) is 3.70. The molecule has 0 spiro atoms. The third kappa shape index (κ3) is 3.44. The molecule has 7 nitrogen and oxygen atoms in total. The molecule has 1 heterocycles. The summed E-state index contributed by atoms with van der Waals surface area (Å²) in [7, 11) is 0. The molecule has 0 aromatic heterocycles. The van der Waals surface area contributed by atoms with Crippen molar-refractivity contribution in [3.8, 4) is 0 Å². The lowest BCUT2D eigenvalue weighted by atomic mass is 10.2. The van der Waals surface area contributed by atoms with Gasteiger partial charge in [0.2, 0.25) is 5.76 Å². The summed E-state index contributed by atoms with van der Waals surface area (Å²) >= 11 is 0. The molecule has 0 unspecified atom stereocenters. The number of esters is 1. The van der Waals surface area contributed by atoms with Crippen LogP contribution in [0, 0.1) is 10.1 Å². The number of nitro benzene ring substituents is 1. The molecule has 1 aromatic rings. The van der Waals surface area contributed by atoms with Crippen LogP contribution in [0.3, 0.4) is 0 Å². The smallest absolute Gasteiger partial charge is 0.377 e. The van der Waals surface area contributed by atoms with Gasteiger partial charge in [-0.1, -0.05) is 12.1 Å². The van der Waals surface area contributed by atoms with E-state index in [9.17, 15) is 14.9 Å². The Hall–Kier alpha value is -2.57. The molecule has 2 rings (SSSR count). The van der Waals surface area contributed by atoms with E-state index in [1.54, 1.807) is 6.07 Å². The number of ether oxygens (including phenoxy) is 3. The van der Waals surface area contributed by atoms with Crippen LogP contribution in [0.25, 0.3) is 0 Å². The van der Waals surface area contributed by atoms with Gasteiger partial charge >= 0.3 is 5.97 Å². The first-order valence-electron chi connectivity index (χ1n) is 5.52. The maximum absolute atomic E-state index is 11.6. The molecule has 0 saturated carbocycles. The number of benzene rings is 1. The number of rotatable bonds is 4.